The molecule has 0 saturated carbocycles. The molecule has 0 amide bonds. The summed E-state index contributed by atoms with van der Waals surface area (Å²) in [6, 6.07) is 6.51. The second kappa shape index (κ2) is 14.4. The summed E-state index contributed by atoms with van der Waals surface area (Å²) >= 11 is 19.2. The van der Waals surface area contributed by atoms with Crippen LogP contribution in [0.1, 0.15) is 10.4 Å². The number of pyridine rings is 2. The molecule has 0 saturated heterocycles. The molecule has 0 aliphatic rings. The predicted octanol–water partition coefficient (Wildman–Crippen LogP) is 6.66. The molecule has 38 heavy (non-hydrogen) atoms. The van der Waals surface area contributed by atoms with Gasteiger partial charge in [0.15, 0.2) is 5.78 Å². The first-order chi connectivity index (χ1) is 18.1. The lowest BCUT2D eigenvalue weighted by Crippen LogP contribution is -2.05. The van der Waals surface area contributed by atoms with Crippen LogP contribution in [0, 0.1) is 11.9 Å². The van der Waals surface area contributed by atoms with Gasteiger partial charge in [-0.3, -0.25) is 4.79 Å². The zero-order chi connectivity index (χ0) is 27.8. The minimum atomic E-state index is -0.698. The highest BCUT2D eigenvalue weighted by atomic mass is 79.9. The number of rotatable bonds is 5. The molecule has 5 aromatic rings. The van der Waals surface area contributed by atoms with E-state index in [-0.39, 0.29) is 16.7 Å². The summed E-state index contributed by atoms with van der Waals surface area (Å²) in [7, 11) is 0. The zero-order valence-corrected chi connectivity index (χ0v) is 25.6. The molecule has 9 nitrogen and oxygen atoms in total. The van der Waals surface area contributed by atoms with Gasteiger partial charge >= 0.3 is 0 Å². The van der Waals surface area contributed by atoms with Crippen LogP contribution in [0.15, 0.2) is 40.5 Å². The molecule has 0 bridgehead atoms. The second-order valence-electron chi connectivity index (χ2n) is 6.54. The monoisotopic (exact) mass is 698 g/mol. The van der Waals surface area contributed by atoms with Crippen molar-refractivity contribution in [3.8, 4) is 11.3 Å². The van der Waals surface area contributed by atoms with Gasteiger partial charge in [0.05, 0.1) is 38.4 Å². The van der Waals surface area contributed by atoms with Gasteiger partial charge in [0.25, 0.3) is 0 Å². The fourth-order valence-corrected chi connectivity index (χ4v) is 5.12. The molecule has 0 aromatic carbocycles. The molecular weight excluding hydrogens is 685 g/mol. The first kappa shape index (κ1) is 30.6. The highest BCUT2D eigenvalue weighted by molar-refractivity contribution is 9.09. The van der Waals surface area contributed by atoms with E-state index in [1.807, 2.05) is 6.26 Å². The Morgan fingerprint density at radius 3 is 2.13 bits per heavy atom. The molecule has 0 fully saturated rings. The Morgan fingerprint density at radius 2 is 1.66 bits per heavy atom. The highest BCUT2D eigenvalue weighted by Gasteiger charge is 2.14. The number of anilines is 1. The average Bonchev–Trinajstić information content (AvgIpc) is 3.57. The Balaban J connectivity index is 0.000000175. The van der Waals surface area contributed by atoms with E-state index in [9.17, 15) is 13.6 Å². The Hall–Kier alpha value is -1.95. The standard InChI is InChI=1S/C10H6ClFN4S2.C8H7BrFNOS.C2H2ClN3S/c1-17-7-3-2-5(8(12)14-7)6-4-16-10(13-6)18-9(11)15-16;1-13-7-3-2-5(6(12)4-9)8(10)11-7;3-1-5-6-2(4)7-1/h2-4H,1H3;2-3H,4H2,1H3;(H2,4,6). The predicted molar refractivity (Wildman–Crippen MR) is 154 cm³/mol. The van der Waals surface area contributed by atoms with Gasteiger partial charge in [0, 0.05) is 0 Å². The van der Waals surface area contributed by atoms with Crippen molar-refractivity contribution in [2.24, 2.45) is 0 Å². The molecule has 0 spiro atoms. The summed E-state index contributed by atoms with van der Waals surface area (Å²) in [6.07, 6.45) is 5.28. The molecule has 0 unspecified atom stereocenters. The van der Waals surface area contributed by atoms with Crippen molar-refractivity contribution in [3.05, 3.63) is 56.9 Å². The summed E-state index contributed by atoms with van der Waals surface area (Å²) in [6.45, 7) is 0. The number of nitrogens with two attached hydrogens (primary N) is 1. The summed E-state index contributed by atoms with van der Waals surface area (Å²) < 4.78 is 29.3. The minimum absolute atomic E-state index is 0.0367. The number of thioether (sulfide) groups is 2. The van der Waals surface area contributed by atoms with Crippen molar-refractivity contribution in [1.29, 1.82) is 0 Å². The molecule has 0 radical (unpaired) electrons. The lowest BCUT2D eigenvalue weighted by atomic mass is 10.2. The second-order valence-corrected chi connectivity index (χ2v) is 11.9. The first-order valence-corrected chi connectivity index (χ1v) is 15.9. The van der Waals surface area contributed by atoms with E-state index in [0.717, 1.165) is 11.3 Å². The van der Waals surface area contributed by atoms with Crippen LogP contribution >= 0.6 is 85.3 Å². The van der Waals surface area contributed by atoms with Crippen LogP contribution in [-0.4, -0.2) is 58.4 Å². The Labute approximate surface area is 249 Å². The molecule has 0 atom stereocenters. The number of carbonyl (C=O) groups excluding carboxylic acids is 1. The van der Waals surface area contributed by atoms with Crippen LogP contribution in [-0.2, 0) is 0 Å². The maximum atomic E-state index is 13.8. The lowest BCUT2D eigenvalue weighted by molar-refractivity contribution is 0.101. The smallest absolute Gasteiger partial charge is 0.224 e. The van der Waals surface area contributed by atoms with Gasteiger partial charge in [-0.2, -0.15) is 8.78 Å². The molecule has 5 rings (SSSR count). The molecular formula is C20H15BrCl2F2N8OS4. The number of alkyl halides is 1. The van der Waals surface area contributed by atoms with Crippen molar-refractivity contribution >= 4 is 101 Å². The molecule has 0 aliphatic heterocycles. The van der Waals surface area contributed by atoms with E-state index in [0.29, 0.717) is 40.3 Å². The number of aromatic nitrogens is 7. The summed E-state index contributed by atoms with van der Waals surface area (Å²) in [5.74, 6) is -1.52. The van der Waals surface area contributed by atoms with Crippen molar-refractivity contribution in [3.63, 3.8) is 0 Å². The number of carbonyl (C=O) groups is 1. The maximum absolute atomic E-state index is 13.8. The molecule has 5 heterocycles. The van der Waals surface area contributed by atoms with E-state index in [2.05, 4.69) is 46.2 Å². The van der Waals surface area contributed by atoms with Crippen LogP contribution in [0.2, 0.25) is 8.93 Å². The number of hydrogen-bond donors (Lipinski definition) is 1. The number of Topliss-reactive ketones (excluding diaryl/α,β-unsaturated/α-hetero) is 1. The van der Waals surface area contributed by atoms with Crippen molar-refractivity contribution in [2.75, 3.05) is 23.6 Å². The van der Waals surface area contributed by atoms with Gasteiger partial charge in [-0.1, -0.05) is 38.6 Å². The van der Waals surface area contributed by atoms with Gasteiger partial charge in [0.2, 0.25) is 30.9 Å². The quantitative estimate of drug-likeness (QED) is 0.0921. The molecule has 5 aromatic heterocycles. The summed E-state index contributed by atoms with van der Waals surface area (Å²) in [5.41, 5.74) is 6.04. The van der Waals surface area contributed by atoms with Crippen LogP contribution in [0.3, 0.4) is 0 Å². The number of nitrogen functional groups attached to an aromatic ring is 1. The maximum Gasteiger partial charge on any atom is 0.224 e. The number of imidazole rings is 1. The van der Waals surface area contributed by atoms with E-state index in [4.69, 9.17) is 28.9 Å². The Morgan fingerprint density at radius 1 is 1.00 bits per heavy atom. The van der Waals surface area contributed by atoms with Gasteiger partial charge in [0.1, 0.15) is 0 Å². The molecule has 200 valence electrons. The Kier molecular flexibility index (Phi) is 11.6. The van der Waals surface area contributed by atoms with Crippen LogP contribution in [0.4, 0.5) is 13.9 Å². The fraction of sp³-hybridized carbons (Fsp3) is 0.150. The van der Waals surface area contributed by atoms with Gasteiger partial charge in [-0.05, 0) is 60.0 Å². The zero-order valence-electron chi connectivity index (χ0n) is 19.2. The SMILES string of the molecule is CSc1ccc(-c2cn3nc(Cl)sc3n2)c(F)n1.CSc1ccc(C(=O)CBr)c(F)n1.Nc1nnc(Cl)s1. The van der Waals surface area contributed by atoms with Crippen molar-refractivity contribution in [1.82, 2.24) is 34.8 Å². The normalized spacial score (nSPS) is 10.5. The fourth-order valence-electron chi connectivity index (χ4n) is 2.55. The number of fused-ring (bicyclic) bond motifs is 1. The van der Waals surface area contributed by atoms with Crippen molar-refractivity contribution < 1.29 is 13.6 Å². The van der Waals surface area contributed by atoms with Crippen LogP contribution < -0.4 is 5.73 Å². The largest absolute Gasteiger partial charge is 0.374 e. The summed E-state index contributed by atoms with van der Waals surface area (Å²) in [5, 5.41) is 12.6. The molecule has 18 heteroatoms. The number of ketones is 1. The van der Waals surface area contributed by atoms with Gasteiger partial charge in [-0.25, -0.2) is 19.5 Å². The van der Waals surface area contributed by atoms with E-state index < -0.39 is 11.9 Å². The highest BCUT2D eigenvalue weighted by Crippen LogP contribution is 2.26. The molecule has 0 aliphatic carbocycles. The summed E-state index contributed by atoms with van der Waals surface area (Å²) in [4.78, 5) is 23.5. The van der Waals surface area contributed by atoms with Gasteiger partial charge < -0.3 is 5.73 Å². The first-order valence-electron chi connectivity index (χ1n) is 9.92. The van der Waals surface area contributed by atoms with E-state index in [1.165, 1.54) is 45.4 Å². The number of hydrogen-bond acceptors (Lipinski definition) is 12. The third-order valence-corrected chi connectivity index (χ3v) is 7.86. The minimum Gasteiger partial charge on any atom is -0.374 e. The number of halogens is 5. The number of nitrogens with zero attached hydrogens (tertiary/aromatic N) is 7. The van der Waals surface area contributed by atoms with Crippen LogP contribution in [0.5, 0.6) is 0 Å². The van der Waals surface area contributed by atoms with Gasteiger partial charge in [-0.15, -0.1) is 38.8 Å². The average molecular weight is 700 g/mol. The topological polar surface area (TPSA) is 125 Å². The molecule has 2 N–H and O–H groups in total. The Bertz CT molecular complexity index is 1500. The third-order valence-electron chi connectivity index (χ3n) is 4.20. The lowest BCUT2D eigenvalue weighted by Gasteiger charge is -2.00. The van der Waals surface area contributed by atoms with E-state index in [1.54, 1.807) is 30.7 Å². The van der Waals surface area contributed by atoms with Crippen LogP contribution in [0.25, 0.3) is 16.2 Å². The van der Waals surface area contributed by atoms with E-state index >= 15 is 0 Å². The third kappa shape index (κ3) is 8.27. The van der Waals surface area contributed by atoms with Crippen molar-refractivity contribution in [2.45, 2.75) is 10.1 Å².